The molecule has 1 atom stereocenters. The third-order valence-electron chi connectivity index (χ3n) is 4.69. The zero-order chi connectivity index (χ0) is 19.8. The van der Waals surface area contributed by atoms with Crippen molar-refractivity contribution in [3.8, 4) is 0 Å². The summed E-state index contributed by atoms with van der Waals surface area (Å²) in [6, 6.07) is 19.9. The molecule has 0 aliphatic heterocycles. The highest BCUT2D eigenvalue weighted by molar-refractivity contribution is 5.82. The van der Waals surface area contributed by atoms with Crippen molar-refractivity contribution in [2.75, 3.05) is 19.6 Å². The van der Waals surface area contributed by atoms with E-state index in [2.05, 4.69) is 44.9 Å². The fourth-order valence-electron chi connectivity index (χ4n) is 3.15. The van der Waals surface area contributed by atoms with E-state index < -0.39 is 5.60 Å². The normalized spacial score (nSPS) is 13.9. The summed E-state index contributed by atoms with van der Waals surface area (Å²) in [7, 11) is 0. The second-order valence-corrected chi connectivity index (χ2v) is 7.00. The molecule has 5 heteroatoms. The van der Waals surface area contributed by atoms with Crippen molar-refractivity contribution in [1.29, 1.82) is 0 Å². The second kappa shape index (κ2) is 9.33. The van der Waals surface area contributed by atoms with Gasteiger partial charge in [0.1, 0.15) is 5.60 Å². The minimum Gasteiger partial charge on any atom is -0.384 e. The highest BCUT2D eigenvalue weighted by Crippen LogP contribution is 2.20. The Bertz CT molecular complexity index is 917. The molecule has 1 aromatic heterocycles. The van der Waals surface area contributed by atoms with Crippen LogP contribution >= 0.6 is 0 Å². The van der Waals surface area contributed by atoms with Crippen LogP contribution in [0.3, 0.4) is 0 Å². The van der Waals surface area contributed by atoms with Crippen molar-refractivity contribution in [2.45, 2.75) is 25.9 Å². The van der Waals surface area contributed by atoms with Gasteiger partial charge < -0.3 is 15.7 Å². The van der Waals surface area contributed by atoms with E-state index in [1.165, 1.54) is 5.56 Å². The van der Waals surface area contributed by atoms with Gasteiger partial charge in [0, 0.05) is 24.7 Å². The van der Waals surface area contributed by atoms with Crippen LogP contribution in [0.5, 0.6) is 0 Å². The van der Waals surface area contributed by atoms with Crippen LogP contribution in [0, 0.1) is 0 Å². The van der Waals surface area contributed by atoms with Crippen LogP contribution in [0.15, 0.2) is 71.9 Å². The number of fused-ring (bicyclic) bond motifs is 1. The maximum Gasteiger partial charge on any atom is 0.191 e. The molecule has 3 rings (SSSR count). The average molecular weight is 377 g/mol. The maximum atomic E-state index is 10.8. The quantitative estimate of drug-likeness (QED) is 0.437. The molecule has 0 spiro atoms. The van der Waals surface area contributed by atoms with Gasteiger partial charge >= 0.3 is 0 Å². The summed E-state index contributed by atoms with van der Waals surface area (Å²) in [4.78, 5) is 9.09. The van der Waals surface area contributed by atoms with E-state index in [9.17, 15) is 5.11 Å². The Morgan fingerprint density at radius 1 is 1.04 bits per heavy atom. The van der Waals surface area contributed by atoms with Gasteiger partial charge in [0.15, 0.2) is 5.96 Å². The minimum absolute atomic E-state index is 0.280. The Hall–Kier alpha value is -2.92. The first-order valence-electron chi connectivity index (χ1n) is 9.73. The van der Waals surface area contributed by atoms with Gasteiger partial charge in [-0.15, -0.1) is 0 Å². The van der Waals surface area contributed by atoms with E-state index in [0.29, 0.717) is 5.96 Å². The third kappa shape index (κ3) is 5.08. The molecule has 146 valence electrons. The Morgan fingerprint density at radius 3 is 2.61 bits per heavy atom. The van der Waals surface area contributed by atoms with Crippen LogP contribution in [0.1, 0.15) is 25.0 Å². The molecule has 28 heavy (non-hydrogen) atoms. The minimum atomic E-state index is -1.01. The number of pyridine rings is 1. The number of nitrogens with zero attached hydrogens (tertiary/aromatic N) is 2. The molecule has 0 aliphatic carbocycles. The number of guanidine groups is 1. The first kappa shape index (κ1) is 19.8. The number of aliphatic hydroxyl groups is 1. The molecule has 1 heterocycles. The Kier molecular flexibility index (Phi) is 6.61. The Labute approximate surface area is 166 Å². The Balaban J connectivity index is 1.63. The average Bonchev–Trinajstić information content (AvgIpc) is 2.73. The van der Waals surface area contributed by atoms with E-state index in [0.717, 1.165) is 36.0 Å². The molecule has 0 bridgehead atoms. The fourth-order valence-corrected chi connectivity index (χ4v) is 3.15. The lowest BCUT2D eigenvalue weighted by Crippen LogP contribution is -2.39. The van der Waals surface area contributed by atoms with Crippen LogP contribution in [0.4, 0.5) is 0 Å². The van der Waals surface area contributed by atoms with Crippen LogP contribution < -0.4 is 10.6 Å². The van der Waals surface area contributed by atoms with Gasteiger partial charge in [-0.3, -0.25) is 4.98 Å². The first-order valence-corrected chi connectivity index (χ1v) is 9.73. The molecular formula is C23H28N4O. The number of nitrogens with one attached hydrogen (secondary N) is 2. The number of benzene rings is 2. The van der Waals surface area contributed by atoms with Crippen LogP contribution in [-0.2, 0) is 12.0 Å². The monoisotopic (exact) mass is 376 g/mol. The van der Waals surface area contributed by atoms with Crippen molar-refractivity contribution in [1.82, 2.24) is 15.6 Å². The topological polar surface area (TPSA) is 69.5 Å². The van der Waals surface area contributed by atoms with Gasteiger partial charge in [0.25, 0.3) is 0 Å². The molecule has 0 radical (unpaired) electrons. The van der Waals surface area contributed by atoms with E-state index in [1.54, 1.807) is 6.92 Å². The van der Waals surface area contributed by atoms with Gasteiger partial charge in [-0.05, 0) is 37.5 Å². The highest BCUT2D eigenvalue weighted by Gasteiger charge is 2.22. The van der Waals surface area contributed by atoms with Gasteiger partial charge in [-0.25, -0.2) is 4.99 Å². The van der Waals surface area contributed by atoms with E-state index in [1.807, 2.05) is 49.5 Å². The van der Waals surface area contributed by atoms with Crippen LogP contribution in [0.25, 0.3) is 10.9 Å². The predicted octanol–water partition coefficient (Wildman–Crippen LogP) is 3.24. The zero-order valence-electron chi connectivity index (χ0n) is 16.5. The molecule has 0 aliphatic rings. The summed E-state index contributed by atoms with van der Waals surface area (Å²) in [6.07, 6.45) is 2.67. The lowest BCUT2D eigenvalue weighted by Gasteiger charge is -2.22. The summed E-state index contributed by atoms with van der Waals surface area (Å²) in [6.45, 7) is 5.59. The summed E-state index contributed by atoms with van der Waals surface area (Å²) in [5, 5.41) is 18.5. The lowest BCUT2D eigenvalue weighted by molar-refractivity contribution is 0.0672. The van der Waals surface area contributed by atoms with Crippen molar-refractivity contribution in [2.24, 2.45) is 4.99 Å². The molecule has 3 aromatic rings. The highest BCUT2D eigenvalue weighted by atomic mass is 16.3. The zero-order valence-corrected chi connectivity index (χ0v) is 16.5. The standard InChI is InChI=1S/C23H28N4O/c1-3-24-22(27-17-23(2,28)20-12-5-4-6-13-20)26-16-14-19-10-7-9-18-11-8-15-25-21(18)19/h4-13,15,28H,3,14,16-17H2,1-2H3,(H2,24,26,27). The predicted molar refractivity (Wildman–Crippen MR) is 115 cm³/mol. The SMILES string of the molecule is CCNC(=NCC(C)(O)c1ccccc1)NCCc1cccc2cccnc12. The first-order chi connectivity index (χ1) is 13.6. The number of rotatable bonds is 7. The molecular weight excluding hydrogens is 348 g/mol. The molecule has 3 N–H and O–H groups in total. The third-order valence-corrected chi connectivity index (χ3v) is 4.69. The molecule has 1 unspecified atom stereocenters. The van der Waals surface area contributed by atoms with Crippen molar-refractivity contribution in [3.05, 3.63) is 78.0 Å². The van der Waals surface area contributed by atoms with Gasteiger partial charge in [-0.2, -0.15) is 0 Å². The molecule has 2 aromatic carbocycles. The van der Waals surface area contributed by atoms with E-state index >= 15 is 0 Å². The number of aromatic nitrogens is 1. The smallest absolute Gasteiger partial charge is 0.191 e. The maximum absolute atomic E-state index is 10.8. The molecule has 0 saturated carbocycles. The summed E-state index contributed by atoms with van der Waals surface area (Å²) < 4.78 is 0. The molecule has 5 nitrogen and oxygen atoms in total. The van der Waals surface area contributed by atoms with Crippen molar-refractivity contribution in [3.63, 3.8) is 0 Å². The lowest BCUT2D eigenvalue weighted by atomic mass is 9.96. The van der Waals surface area contributed by atoms with E-state index in [-0.39, 0.29) is 6.54 Å². The number of hydrogen-bond donors (Lipinski definition) is 3. The molecule has 0 saturated heterocycles. The summed E-state index contributed by atoms with van der Waals surface area (Å²) in [5.74, 6) is 0.701. The second-order valence-electron chi connectivity index (χ2n) is 7.00. The number of hydrogen-bond acceptors (Lipinski definition) is 3. The van der Waals surface area contributed by atoms with Crippen LogP contribution in [-0.4, -0.2) is 35.7 Å². The van der Waals surface area contributed by atoms with Gasteiger partial charge in [0.05, 0.1) is 12.1 Å². The number of para-hydroxylation sites is 1. The largest absolute Gasteiger partial charge is 0.384 e. The summed E-state index contributed by atoms with van der Waals surface area (Å²) in [5.41, 5.74) is 2.10. The molecule has 0 amide bonds. The van der Waals surface area contributed by atoms with Gasteiger partial charge in [-0.1, -0.05) is 54.6 Å². The van der Waals surface area contributed by atoms with Crippen molar-refractivity contribution >= 4 is 16.9 Å². The summed E-state index contributed by atoms with van der Waals surface area (Å²) >= 11 is 0. The number of aliphatic imine (C=N–C) groups is 1. The van der Waals surface area contributed by atoms with Crippen molar-refractivity contribution < 1.29 is 5.11 Å². The fraction of sp³-hybridized carbons (Fsp3) is 0.304. The Morgan fingerprint density at radius 2 is 1.82 bits per heavy atom. The molecule has 0 fully saturated rings. The van der Waals surface area contributed by atoms with Crippen LogP contribution in [0.2, 0.25) is 0 Å². The van der Waals surface area contributed by atoms with Gasteiger partial charge in [0.2, 0.25) is 0 Å². The van der Waals surface area contributed by atoms with E-state index in [4.69, 9.17) is 0 Å².